The van der Waals surface area contributed by atoms with Crippen LogP contribution in [0.3, 0.4) is 0 Å². The highest BCUT2D eigenvalue weighted by Crippen LogP contribution is 2.68. The summed E-state index contributed by atoms with van der Waals surface area (Å²) < 4.78 is 0. The lowest BCUT2D eigenvalue weighted by Gasteiger charge is -2.61. The molecule has 5 aliphatic carbocycles. The van der Waals surface area contributed by atoms with Gasteiger partial charge in [0.2, 0.25) is 0 Å². The van der Waals surface area contributed by atoms with Crippen LogP contribution in [0.2, 0.25) is 0 Å². The second kappa shape index (κ2) is 6.75. The highest BCUT2D eigenvalue weighted by atomic mass is 16.3. The average molecular weight is 373 g/mol. The molecule has 5 saturated carbocycles. The summed E-state index contributed by atoms with van der Waals surface area (Å²) in [4.78, 5) is 0. The fourth-order valence-electron chi connectivity index (χ4n) is 9.25. The highest BCUT2D eigenvalue weighted by molar-refractivity contribution is 5.09. The number of hydrogen-bond donors (Lipinski definition) is 1. The summed E-state index contributed by atoms with van der Waals surface area (Å²) in [5.74, 6) is 6.95. The molecule has 0 amide bonds. The Hall–Kier alpha value is -0.0400. The normalized spacial score (nSPS) is 56.9. The zero-order chi connectivity index (χ0) is 18.8. The fourth-order valence-corrected chi connectivity index (χ4v) is 9.25. The first-order valence-electron chi connectivity index (χ1n) is 12.6. The number of fused-ring (bicyclic) bond motifs is 5. The smallest absolute Gasteiger partial charge is 0.0543 e. The van der Waals surface area contributed by atoms with Gasteiger partial charge in [0.15, 0.2) is 0 Å². The summed E-state index contributed by atoms with van der Waals surface area (Å²) >= 11 is 0. The monoisotopic (exact) mass is 372 g/mol. The Kier molecular flexibility index (Phi) is 4.74. The third-order valence-corrected chi connectivity index (χ3v) is 11.2. The van der Waals surface area contributed by atoms with Crippen molar-refractivity contribution < 1.29 is 5.11 Å². The number of aliphatic hydroxyl groups is 1. The van der Waals surface area contributed by atoms with Gasteiger partial charge in [0.25, 0.3) is 0 Å². The van der Waals surface area contributed by atoms with Gasteiger partial charge in [-0.05, 0) is 123 Å². The zero-order valence-electron chi connectivity index (χ0n) is 18.3. The predicted molar refractivity (Wildman–Crippen MR) is 112 cm³/mol. The van der Waals surface area contributed by atoms with Gasteiger partial charge in [0.05, 0.1) is 6.10 Å². The van der Waals surface area contributed by atoms with Gasteiger partial charge in [-0.3, -0.25) is 0 Å². The van der Waals surface area contributed by atoms with E-state index in [1.165, 1.54) is 70.6 Å². The molecule has 27 heavy (non-hydrogen) atoms. The molecule has 1 heteroatoms. The Morgan fingerprint density at radius 2 is 1.56 bits per heavy atom. The van der Waals surface area contributed by atoms with E-state index in [0.29, 0.717) is 10.8 Å². The van der Waals surface area contributed by atoms with Gasteiger partial charge < -0.3 is 5.11 Å². The van der Waals surface area contributed by atoms with Crippen molar-refractivity contribution in [2.24, 2.45) is 52.3 Å². The van der Waals surface area contributed by atoms with Crippen LogP contribution in [0.15, 0.2) is 0 Å². The topological polar surface area (TPSA) is 20.2 Å². The van der Waals surface area contributed by atoms with Crippen molar-refractivity contribution in [3.63, 3.8) is 0 Å². The molecule has 0 heterocycles. The molecule has 5 fully saturated rings. The maximum atomic E-state index is 10.2. The predicted octanol–water partition coefficient (Wildman–Crippen LogP) is 6.83. The number of hydrogen-bond acceptors (Lipinski definition) is 1. The zero-order valence-corrected chi connectivity index (χ0v) is 18.3. The van der Waals surface area contributed by atoms with Crippen LogP contribution in [0.5, 0.6) is 0 Å². The van der Waals surface area contributed by atoms with Crippen LogP contribution in [0.1, 0.15) is 104 Å². The quantitative estimate of drug-likeness (QED) is 0.573. The van der Waals surface area contributed by atoms with E-state index in [-0.39, 0.29) is 6.10 Å². The van der Waals surface area contributed by atoms with Gasteiger partial charge in [-0.2, -0.15) is 0 Å². The Bertz CT molecular complexity index is 556. The summed E-state index contributed by atoms with van der Waals surface area (Å²) in [6, 6.07) is 0. The first kappa shape index (κ1) is 19.0. The van der Waals surface area contributed by atoms with Gasteiger partial charge in [-0.25, -0.2) is 0 Å². The minimum atomic E-state index is -0.00136. The Morgan fingerprint density at radius 1 is 0.815 bits per heavy atom. The Morgan fingerprint density at radius 3 is 2.33 bits per heavy atom. The molecule has 5 aliphatic rings. The number of rotatable bonds is 4. The molecular formula is C26H44O. The number of aliphatic hydroxyl groups excluding tert-OH is 1. The summed E-state index contributed by atoms with van der Waals surface area (Å²) in [6.07, 6.45) is 18.5. The van der Waals surface area contributed by atoms with Gasteiger partial charge >= 0.3 is 0 Å². The molecule has 1 N–H and O–H groups in total. The van der Waals surface area contributed by atoms with Gasteiger partial charge in [0, 0.05) is 0 Å². The third-order valence-electron chi connectivity index (χ3n) is 11.2. The minimum Gasteiger partial charge on any atom is -0.393 e. The van der Waals surface area contributed by atoms with Crippen LogP contribution >= 0.6 is 0 Å². The van der Waals surface area contributed by atoms with E-state index < -0.39 is 0 Å². The first-order chi connectivity index (χ1) is 12.9. The summed E-state index contributed by atoms with van der Waals surface area (Å²) in [7, 11) is 0. The van der Waals surface area contributed by atoms with Gasteiger partial charge in [-0.1, -0.05) is 33.6 Å². The van der Waals surface area contributed by atoms with Crippen LogP contribution in [-0.4, -0.2) is 11.2 Å². The molecule has 10 unspecified atom stereocenters. The SMILES string of the molecule is CC1CC1CCCC1CCC2C3CCC4CC(O)CCC4(C)C3CCC12C. The maximum absolute atomic E-state index is 10.2. The summed E-state index contributed by atoms with van der Waals surface area (Å²) in [5, 5.41) is 10.2. The molecule has 1 nitrogen and oxygen atoms in total. The minimum absolute atomic E-state index is 0.00136. The molecule has 0 radical (unpaired) electrons. The molecule has 0 aromatic heterocycles. The molecular weight excluding hydrogens is 328 g/mol. The molecule has 0 spiro atoms. The van der Waals surface area contributed by atoms with Crippen molar-refractivity contribution in [2.45, 2.75) is 110 Å². The summed E-state index contributed by atoms with van der Waals surface area (Å²) in [6.45, 7) is 7.79. The lowest BCUT2D eigenvalue weighted by Crippen LogP contribution is -2.53. The van der Waals surface area contributed by atoms with Crippen LogP contribution in [0, 0.1) is 52.3 Å². The molecule has 0 aromatic rings. The van der Waals surface area contributed by atoms with E-state index in [9.17, 15) is 5.11 Å². The van der Waals surface area contributed by atoms with Crippen LogP contribution in [0.25, 0.3) is 0 Å². The van der Waals surface area contributed by atoms with Gasteiger partial charge in [-0.15, -0.1) is 0 Å². The van der Waals surface area contributed by atoms with Crippen molar-refractivity contribution >= 4 is 0 Å². The van der Waals surface area contributed by atoms with Crippen molar-refractivity contribution in [1.29, 1.82) is 0 Å². The Balaban J connectivity index is 1.27. The second-order valence-corrected chi connectivity index (χ2v) is 12.3. The molecule has 0 aromatic carbocycles. The van der Waals surface area contributed by atoms with Gasteiger partial charge in [0.1, 0.15) is 0 Å². The Labute approximate surface area is 168 Å². The molecule has 154 valence electrons. The summed E-state index contributed by atoms with van der Waals surface area (Å²) in [5.41, 5.74) is 1.21. The third kappa shape index (κ3) is 3.04. The van der Waals surface area contributed by atoms with Crippen molar-refractivity contribution in [3.8, 4) is 0 Å². The van der Waals surface area contributed by atoms with Crippen molar-refractivity contribution in [2.75, 3.05) is 0 Å². The highest BCUT2D eigenvalue weighted by Gasteiger charge is 2.59. The lowest BCUT2D eigenvalue weighted by atomic mass is 9.44. The van der Waals surface area contributed by atoms with Crippen molar-refractivity contribution in [3.05, 3.63) is 0 Å². The average Bonchev–Trinajstić information content (AvgIpc) is 3.23. The van der Waals surface area contributed by atoms with Crippen LogP contribution in [0.4, 0.5) is 0 Å². The molecule has 0 bridgehead atoms. The fraction of sp³-hybridized carbons (Fsp3) is 1.00. The van der Waals surface area contributed by atoms with Crippen LogP contribution in [-0.2, 0) is 0 Å². The van der Waals surface area contributed by atoms with E-state index in [1.54, 1.807) is 0 Å². The molecule has 5 rings (SSSR count). The van der Waals surface area contributed by atoms with Crippen molar-refractivity contribution in [1.82, 2.24) is 0 Å². The lowest BCUT2D eigenvalue weighted by molar-refractivity contribution is -0.127. The van der Waals surface area contributed by atoms with E-state index in [2.05, 4.69) is 20.8 Å². The van der Waals surface area contributed by atoms with E-state index in [1.807, 2.05) is 0 Å². The van der Waals surface area contributed by atoms with E-state index in [0.717, 1.165) is 54.3 Å². The molecule has 0 saturated heterocycles. The maximum Gasteiger partial charge on any atom is 0.0543 e. The molecule has 0 aliphatic heterocycles. The second-order valence-electron chi connectivity index (χ2n) is 12.3. The van der Waals surface area contributed by atoms with Crippen LogP contribution < -0.4 is 0 Å². The van der Waals surface area contributed by atoms with E-state index >= 15 is 0 Å². The van der Waals surface area contributed by atoms with E-state index in [4.69, 9.17) is 0 Å². The molecule has 10 atom stereocenters. The largest absolute Gasteiger partial charge is 0.393 e. The standard InChI is InChI=1S/C26H44O/c1-17-15-18(17)5-4-6-19-8-10-23-22-9-7-20-16-21(27)11-13-26(20,3)24(22)12-14-25(19,23)2/h17-24,27H,4-16H2,1-3H3. The first-order valence-corrected chi connectivity index (χ1v) is 12.6.